The summed E-state index contributed by atoms with van der Waals surface area (Å²) in [6, 6.07) is 19.9. The van der Waals surface area contributed by atoms with Crippen molar-refractivity contribution in [1.29, 1.82) is 0 Å². The van der Waals surface area contributed by atoms with Crippen LogP contribution in [0.4, 0.5) is 10.5 Å². The number of ether oxygens (including phenoxy) is 3. The fraction of sp³-hybridized carbons (Fsp3) is 0.310. The number of esters is 1. The number of hydrogen-bond acceptors (Lipinski definition) is 7. The Balaban J connectivity index is 1.99. The van der Waals surface area contributed by atoms with E-state index in [1.807, 2.05) is 43.3 Å². The van der Waals surface area contributed by atoms with Crippen LogP contribution in [0.3, 0.4) is 0 Å². The minimum atomic E-state index is -3.53. The molecule has 9 nitrogen and oxygen atoms in total. The highest BCUT2D eigenvalue weighted by atomic mass is 32.2. The first-order valence-electron chi connectivity index (χ1n) is 12.5. The van der Waals surface area contributed by atoms with Crippen molar-refractivity contribution in [2.45, 2.75) is 33.4 Å². The normalized spacial score (nSPS) is 11.0. The molecular formula is C29H34N2O7S. The Morgan fingerprint density at radius 2 is 1.64 bits per heavy atom. The average molecular weight is 555 g/mol. The zero-order chi connectivity index (χ0) is 28.4. The third kappa shape index (κ3) is 8.75. The number of nitrogens with one attached hydrogen (secondary N) is 1. The summed E-state index contributed by atoms with van der Waals surface area (Å²) in [6.07, 6.45) is 0.652. The zero-order valence-corrected chi connectivity index (χ0v) is 23.4. The van der Waals surface area contributed by atoms with Crippen LogP contribution in [0, 0.1) is 0 Å². The Morgan fingerprint density at radius 3 is 2.28 bits per heavy atom. The van der Waals surface area contributed by atoms with Gasteiger partial charge < -0.3 is 19.1 Å². The first kappa shape index (κ1) is 29.5. The van der Waals surface area contributed by atoms with Gasteiger partial charge in [0.05, 0.1) is 26.4 Å². The SMILES string of the molecule is CCOC(=O)Cc1ccc(OC)c(-c2ccc(NS(C)(=O)=O)cc2CN(CC)C(=O)OCc2ccccc2)c1. The molecule has 1 N–H and O–H groups in total. The van der Waals surface area contributed by atoms with Crippen molar-refractivity contribution in [3.8, 4) is 16.9 Å². The van der Waals surface area contributed by atoms with Crippen molar-refractivity contribution < 1.29 is 32.2 Å². The van der Waals surface area contributed by atoms with E-state index in [0.717, 1.165) is 17.4 Å². The molecule has 0 aliphatic heterocycles. The van der Waals surface area contributed by atoms with Gasteiger partial charge in [0.25, 0.3) is 0 Å². The van der Waals surface area contributed by atoms with Gasteiger partial charge in [-0.2, -0.15) is 0 Å². The number of benzene rings is 3. The summed E-state index contributed by atoms with van der Waals surface area (Å²) < 4.78 is 42.6. The van der Waals surface area contributed by atoms with Crippen molar-refractivity contribution in [2.24, 2.45) is 0 Å². The van der Waals surface area contributed by atoms with E-state index < -0.39 is 16.1 Å². The van der Waals surface area contributed by atoms with E-state index in [0.29, 0.717) is 34.7 Å². The molecule has 0 saturated heterocycles. The molecule has 1 amide bonds. The lowest BCUT2D eigenvalue weighted by Crippen LogP contribution is -2.31. The molecule has 0 radical (unpaired) electrons. The van der Waals surface area contributed by atoms with Gasteiger partial charge in [-0.1, -0.05) is 42.5 Å². The van der Waals surface area contributed by atoms with Crippen molar-refractivity contribution in [3.63, 3.8) is 0 Å². The predicted molar refractivity (Wildman–Crippen MR) is 150 cm³/mol. The molecule has 0 heterocycles. The largest absolute Gasteiger partial charge is 0.496 e. The second-order valence-electron chi connectivity index (χ2n) is 8.82. The number of methoxy groups -OCH3 is 1. The van der Waals surface area contributed by atoms with Gasteiger partial charge in [0, 0.05) is 24.3 Å². The smallest absolute Gasteiger partial charge is 0.410 e. The lowest BCUT2D eigenvalue weighted by Gasteiger charge is -2.23. The highest BCUT2D eigenvalue weighted by Gasteiger charge is 2.20. The number of hydrogen-bond donors (Lipinski definition) is 1. The number of rotatable bonds is 12. The molecule has 39 heavy (non-hydrogen) atoms. The van der Waals surface area contributed by atoms with Crippen LogP contribution in [0.15, 0.2) is 66.7 Å². The highest BCUT2D eigenvalue weighted by molar-refractivity contribution is 7.92. The van der Waals surface area contributed by atoms with Crippen molar-refractivity contribution in [1.82, 2.24) is 4.90 Å². The Labute approximate surface area is 229 Å². The van der Waals surface area contributed by atoms with Crippen LogP contribution in [-0.2, 0) is 43.9 Å². The first-order chi connectivity index (χ1) is 18.6. The van der Waals surface area contributed by atoms with Gasteiger partial charge in [0.1, 0.15) is 12.4 Å². The van der Waals surface area contributed by atoms with Crippen LogP contribution in [-0.4, -0.2) is 51.9 Å². The van der Waals surface area contributed by atoms with Crippen molar-refractivity contribution >= 4 is 27.8 Å². The molecule has 0 bridgehead atoms. The molecule has 0 aliphatic carbocycles. The van der Waals surface area contributed by atoms with Gasteiger partial charge in [-0.25, -0.2) is 13.2 Å². The lowest BCUT2D eigenvalue weighted by atomic mass is 9.95. The lowest BCUT2D eigenvalue weighted by molar-refractivity contribution is -0.142. The number of carbonyl (C=O) groups is 2. The van der Waals surface area contributed by atoms with Crippen LogP contribution in [0.25, 0.3) is 11.1 Å². The van der Waals surface area contributed by atoms with Gasteiger partial charge in [-0.3, -0.25) is 9.52 Å². The fourth-order valence-corrected chi connectivity index (χ4v) is 4.60. The fourth-order valence-electron chi connectivity index (χ4n) is 4.04. The number of sulfonamides is 1. The number of nitrogens with zero attached hydrogens (tertiary/aromatic N) is 1. The summed E-state index contributed by atoms with van der Waals surface area (Å²) in [5.74, 6) is 0.210. The standard InChI is InChI=1S/C29H34N2O7S/c1-5-31(29(33)38-20-21-10-8-7-9-11-21)19-23-18-24(30-39(4,34)35)13-14-25(23)26-16-22(12-15-27(26)36-3)17-28(32)37-6-2/h7-16,18,30H,5-6,17,19-20H2,1-4H3. The van der Waals surface area contributed by atoms with Crippen LogP contribution < -0.4 is 9.46 Å². The Kier molecular flexibility index (Phi) is 10.3. The van der Waals surface area contributed by atoms with Gasteiger partial charge >= 0.3 is 12.1 Å². The first-order valence-corrected chi connectivity index (χ1v) is 14.4. The van der Waals surface area contributed by atoms with E-state index in [-0.39, 0.29) is 32.1 Å². The van der Waals surface area contributed by atoms with Crippen LogP contribution in [0.5, 0.6) is 5.75 Å². The second kappa shape index (κ2) is 13.7. The molecule has 0 fully saturated rings. The minimum absolute atomic E-state index is 0.0841. The molecule has 0 saturated carbocycles. The third-order valence-electron chi connectivity index (χ3n) is 5.82. The molecule has 0 aromatic heterocycles. The maximum atomic E-state index is 13.0. The molecule has 3 aromatic rings. The molecule has 0 spiro atoms. The molecule has 0 atom stereocenters. The molecule has 3 aromatic carbocycles. The summed E-state index contributed by atoms with van der Waals surface area (Å²) in [4.78, 5) is 26.6. The summed E-state index contributed by atoms with van der Waals surface area (Å²) in [5, 5.41) is 0. The van der Waals surface area contributed by atoms with Crippen molar-refractivity contribution in [3.05, 3.63) is 83.4 Å². The Morgan fingerprint density at radius 1 is 0.897 bits per heavy atom. The number of anilines is 1. The highest BCUT2D eigenvalue weighted by Crippen LogP contribution is 2.35. The van der Waals surface area contributed by atoms with Crippen LogP contribution in [0.1, 0.15) is 30.5 Å². The van der Waals surface area contributed by atoms with Gasteiger partial charge in [-0.15, -0.1) is 0 Å². The quantitative estimate of drug-likeness (QED) is 0.314. The maximum Gasteiger partial charge on any atom is 0.410 e. The summed E-state index contributed by atoms with van der Waals surface area (Å²) in [5.41, 5.74) is 4.01. The predicted octanol–water partition coefficient (Wildman–Crippen LogP) is 5.00. The summed E-state index contributed by atoms with van der Waals surface area (Å²) >= 11 is 0. The zero-order valence-electron chi connectivity index (χ0n) is 22.6. The maximum absolute atomic E-state index is 13.0. The molecular weight excluding hydrogens is 520 g/mol. The Hall–Kier alpha value is -4.05. The Bertz CT molecular complexity index is 1390. The summed E-state index contributed by atoms with van der Waals surface area (Å²) in [6.45, 7) is 4.50. The van der Waals surface area contributed by atoms with Crippen LogP contribution >= 0.6 is 0 Å². The van der Waals surface area contributed by atoms with E-state index in [1.54, 1.807) is 44.4 Å². The van der Waals surface area contributed by atoms with E-state index in [2.05, 4.69) is 4.72 Å². The molecule has 3 rings (SSSR count). The van der Waals surface area contributed by atoms with Crippen molar-refractivity contribution in [2.75, 3.05) is 31.2 Å². The molecule has 208 valence electrons. The van der Waals surface area contributed by atoms with E-state index >= 15 is 0 Å². The van der Waals surface area contributed by atoms with E-state index in [9.17, 15) is 18.0 Å². The topological polar surface area (TPSA) is 111 Å². The van der Waals surface area contributed by atoms with E-state index in [4.69, 9.17) is 14.2 Å². The second-order valence-corrected chi connectivity index (χ2v) is 10.6. The number of carbonyl (C=O) groups excluding carboxylic acids is 2. The van der Waals surface area contributed by atoms with Gasteiger partial charge in [-0.05, 0) is 60.4 Å². The molecule has 0 aliphatic rings. The molecule has 10 heteroatoms. The van der Waals surface area contributed by atoms with E-state index in [1.165, 1.54) is 4.90 Å². The van der Waals surface area contributed by atoms with Gasteiger partial charge in [0.15, 0.2) is 0 Å². The third-order valence-corrected chi connectivity index (χ3v) is 6.43. The minimum Gasteiger partial charge on any atom is -0.496 e. The average Bonchev–Trinajstić information content (AvgIpc) is 2.90. The monoisotopic (exact) mass is 554 g/mol. The summed E-state index contributed by atoms with van der Waals surface area (Å²) in [7, 11) is -1.99. The number of amides is 1. The molecule has 0 unspecified atom stereocenters. The van der Waals surface area contributed by atoms with Crippen LogP contribution in [0.2, 0.25) is 0 Å². The van der Waals surface area contributed by atoms with Gasteiger partial charge in [0.2, 0.25) is 10.0 Å².